The maximum atomic E-state index is 11.7. The zero-order valence-corrected chi connectivity index (χ0v) is 13.3. The molecule has 0 saturated carbocycles. The van der Waals surface area contributed by atoms with Gasteiger partial charge in [-0.1, -0.05) is 20.4 Å². The second-order valence-corrected chi connectivity index (χ2v) is 5.76. The summed E-state index contributed by atoms with van der Waals surface area (Å²) in [4.78, 5) is 23.1. The number of hydrogen-bond donors (Lipinski definition) is 0. The molecule has 1 heterocycles. The van der Waals surface area contributed by atoms with Crippen LogP contribution in [0.2, 0.25) is 0 Å². The molecule has 0 aromatic heterocycles. The van der Waals surface area contributed by atoms with E-state index in [2.05, 4.69) is 6.58 Å². The third kappa shape index (κ3) is 3.56. The van der Waals surface area contributed by atoms with E-state index in [0.717, 1.165) is 23.3 Å². The van der Waals surface area contributed by atoms with Gasteiger partial charge in [0.1, 0.15) is 18.5 Å². The van der Waals surface area contributed by atoms with Crippen LogP contribution in [-0.4, -0.2) is 24.5 Å². The first-order chi connectivity index (χ1) is 10.4. The minimum absolute atomic E-state index is 0.0348. The van der Waals surface area contributed by atoms with Gasteiger partial charge in [0.15, 0.2) is 5.78 Å². The number of benzene rings is 1. The number of fused-ring (bicyclic) bond motifs is 1. The summed E-state index contributed by atoms with van der Waals surface area (Å²) in [7, 11) is 0. The Morgan fingerprint density at radius 1 is 1.45 bits per heavy atom. The molecule has 118 valence electrons. The van der Waals surface area contributed by atoms with Crippen molar-refractivity contribution in [1.82, 2.24) is 0 Å². The van der Waals surface area contributed by atoms with Crippen molar-refractivity contribution >= 4 is 11.8 Å². The van der Waals surface area contributed by atoms with Crippen molar-refractivity contribution in [1.29, 1.82) is 0 Å². The number of hydrogen-bond acceptors (Lipinski definition) is 4. The third-order valence-electron chi connectivity index (χ3n) is 4.01. The highest BCUT2D eigenvalue weighted by Gasteiger charge is 2.26. The van der Waals surface area contributed by atoms with Crippen molar-refractivity contribution in [2.75, 3.05) is 6.61 Å². The predicted octanol–water partition coefficient (Wildman–Crippen LogP) is 3.34. The van der Waals surface area contributed by atoms with E-state index < -0.39 is 0 Å². The van der Waals surface area contributed by atoms with E-state index in [-0.39, 0.29) is 30.4 Å². The highest BCUT2D eigenvalue weighted by atomic mass is 16.5. The maximum Gasteiger partial charge on any atom is 0.308 e. The van der Waals surface area contributed by atoms with Crippen LogP contribution in [0.4, 0.5) is 0 Å². The molecule has 4 heteroatoms. The van der Waals surface area contributed by atoms with Gasteiger partial charge in [-0.3, -0.25) is 9.59 Å². The van der Waals surface area contributed by atoms with Gasteiger partial charge in [-0.25, -0.2) is 0 Å². The molecule has 0 bridgehead atoms. The molecule has 0 amide bonds. The van der Waals surface area contributed by atoms with Crippen LogP contribution < -0.4 is 4.74 Å². The number of carbonyl (C=O) groups is 2. The van der Waals surface area contributed by atoms with Crippen LogP contribution in [0.15, 0.2) is 30.4 Å². The summed E-state index contributed by atoms with van der Waals surface area (Å²) in [5.74, 6) is 0.489. The standard InChI is InChI=1S/C18H22O4/c1-5-11(2)18(20)21-10-12(3)17-9-15-8-14(13(4)19)6-7-16(15)22-17/h6-8,11,17H,3,5,9-10H2,1-2,4H3/t11-,17+/m1/s1. The molecule has 22 heavy (non-hydrogen) atoms. The molecule has 0 spiro atoms. The van der Waals surface area contributed by atoms with E-state index >= 15 is 0 Å². The van der Waals surface area contributed by atoms with Crippen molar-refractivity contribution in [3.8, 4) is 5.75 Å². The number of rotatable bonds is 6. The number of carbonyl (C=O) groups excluding carboxylic acids is 2. The van der Waals surface area contributed by atoms with Gasteiger partial charge in [-0.2, -0.15) is 0 Å². The predicted molar refractivity (Wildman–Crippen MR) is 84.1 cm³/mol. The Hall–Kier alpha value is -2.10. The monoisotopic (exact) mass is 302 g/mol. The smallest absolute Gasteiger partial charge is 0.308 e. The van der Waals surface area contributed by atoms with Crippen LogP contribution in [0, 0.1) is 5.92 Å². The molecule has 0 aliphatic carbocycles. The van der Waals surface area contributed by atoms with E-state index in [4.69, 9.17) is 9.47 Å². The molecule has 0 N–H and O–H groups in total. The van der Waals surface area contributed by atoms with E-state index in [1.807, 2.05) is 26.0 Å². The van der Waals surface area contributed by atoms with E-state index in [0.29, 0.717) is 12.0 Å². The highest BCUT2D eigenvalue weighted by molar-refractivity contribution is 5.94. The SMILES string of the molecule is C=C(COC(=O)[C@H](C)CC)[C@@H]1Cc2cc(C(C)=O)ccc2O1. The highest BCUT2D eigenvalue weighted by Crippen LogP contribution is 2.32. The molecule has 0 fully saturated rings. The molecule has 2 atom stereocenters. The van der Waals surface area contributed by atoms with Crippen LogP contribution >= 0.6 is 0 Å². The van der Waals surface area contributed by atoms with E-state index in [9.17, 15) is 9.59 Å². The molecular weight excluding hydrogens is 280 g/mol. The Kier molecular flexibility index (Phi) is 5.01. The topological polar surface area (TPSA) is 52.6 Å². The molecule has 1 aliphatic heterocycles. The number of Topliss-reactive ketones (excluding diaryl/α,β-unsaturated/α-hetero) is 1. The quantitative estimate of drug-likeness (QED) is 0.459. The lowest BCUT2D eigenvalue weighted by Gasteiger charge is -2.15. The van der Waals surface area contributed by atoms with Crippen LogP contribution in [0.1, 0.15) is 43.1 Å². The zero-order valence-electron chi connectivity index (χ0n) is 13.3. The maximum absolute atomic E-state index is 11.7. The second kappa shape index (κ2) is 6.77. The number of ether oxygens (including phenoxy) is 2. The van der Waals surface area contributed by atoms with Gasteiger partial charge < -0.3 is 9.47 Å². The summed E-state index contributed by atoms with van der Waals surface area (Å²) in [5, 5.41) is 0. The number of esters is 1. The zero-order chi connectivity index (χ0) is 16.3. The summed E-state index contributed by atoms with van der Waals surface area (Å²) in [6, 6.07) is 5.43. The molecule has 1 aromatic carbocycles. The lowest BCUT2D eigenvalue weighted by molar-refractivity contribution is -0.147. The van der Waals surface area contributed by atoms with E-state index in [1.165, 1.54) is 0 Å². The van der Waals surface area contributed by atoms with Crippen molar-refractivity contribution < 1.29 is 19.1 Å². The average molecular weight is 302 g/mol. The Labute approximate surface area is 131 Å². The third-order valence-corrected chi connectivity index (χ3v) is 4.01. The average Bonchev–Trinajstić information content (AvgIpc) is 2.94. The molecule has 2 rings (SSSR count). The Morgan fingerprint density at radius 3 is 2.82 bits per heavy atom. The fourth-order valence-electron chi connectivity index (χ4n) is 2.26. The Balaban J connectivity index is 1.94. The first-order valence-corrected chi connectivity index (χ1v) is 7.57. The largest absolute Gasteiger partial charge is 0.485 e. The molecule has 0 unspecified atom stereocenters. The number of ketones is 1. The molecule has 0 saturated heterocycles. The minimum Gasteiger partial charge on any atom is -0.485 e. The Morgan fingerprint density at radius 2 is 2.18 bits per heavy atom. The fraction of sp³-hybridized carbons (Fsp3) is 0.444. The molecule has 1 aliphatic rings. The minimum atomic E-state index is -0.210. The van der Waals surface area contributed by atoms with Crippen LogP contribution in [0.3, 0.4) is 0 Å². The Bertz CT molecular complexity index is 603. The lowest BCUT2D eigenvalue weighted by atomic mass is 10.0. The van der Waals surface area contributed by atoms with Crippen LogP contribution in [0.25, 0.3) is 0 Å². The molecule has 4 nitrogen and oxygen atoms in total. The summed E-state index contributed by atoms with van der Waals surface area (Å²) < 4.78 is 11.1. The molecule has 1 aromatic rings. The van der Waals surface area contributed by atoms with Gasteiger partial charge in [0, 0.05) is 17.6 Å². The fourth-order valence-corrected chi connectivity index (χ4v) is 2.26. The van der Waals surface area contributed by atoms with Crippen molar-refractivity contribution in [2.24, 2.45) is 5.92 Å². The summed E-state index contributed by atoms with van der Waals surface area (Å²) >= 11 is 0. The second-order valence-electron chi connectivity index (χ2n) is 5.76. The van der Waals surface area contributed by atoms with Gasteiger partial charge in [0.2, 0.25) is 0 Å². The van der Waals surface area contributed by atoms with Gasteiger partial charge in [0.25, 0.3) is 0 Å². The van der Waals surface area contributed by atoms with E-state index in [1.54, 1.807) is 13.0 Å². The normalized spacial score (nSPS) is 17.3. The van der Waals surface area contributed by atoms with Crippen molar-refractivity contribution in [2.45, 2.75) is 39.7 Å². The van der Waals surface area contributed by atoms with Crippen LogP contribution in [-0.2, 0) is 16.0 Å². The summed E-state index contributed by atoms with van der Waals surface area (Å²) in [6.07, 6.45) is 1.20. The lowest BCUT2D eigenvalue weighted by Crippen LogP contribution is -2.22. The first-order valence-electron chi connectivity index (χ1n) is 7.57. The van der Waals surface area contributed by atoms with Gasteiger partial charge in [-0.15, -0.1) is 0 Å². The van der Waals surface area contributed by atoms with Crippen LogP contribution in [0.5, 0.6) is 5.75 Å². The van der Waals surface area contributed by atoms with Crippen molar-refractivity contribution in [3.05, 3.63) is 41.5 Å². The van der Waals surface area contributed by atoms with Gasteiger partial charge in [0.05, 0.1) is 5.92 Å². The summed E-state index contributed by atoms with van der Waals surface area (Å²) in [6.45, 7) is 9.47. The van der Waals surface area contributed by atoms with Crippen molar-refractivity contribution in [3.63, 3.8) is 0 Å². The van der Waals surface area contributed by atoms with Gasteiger partial charge >= 0.3 is 5.97 Å². The van der Waals surface area contributed by atoms with Gasteiger partial charge in [-0.05, 0) is 37.1 Å². The molecular formula is C18H22O4. The first kappa shape index (κ1) is 16.3. The molecule has 0 radical (unpaired) electrons. The summed E-state index contributed by atoms with van der Waals surface area (Å²) in [5.41, 5.74) is 2.40.